The average molecular weight is 206 g/mol. The van der Waals surface area contributed by atoms with E-state index in [1.165, 1.54) is 17.3 Å². The molecule has 0 saturated carbocycles. The second kappa shape index (κ2) is 3.60. The van der Waals surface area contributed by atoms with Crippen molar-refractivity contribution in [1.29, 1.82) is 0 Å². The molecule has 0 aliphatic rings. The van der Waals surface area contributed by atoms with Gasteiger partial charge in [-0.15, -0.1) is 5.10 Å². The van der Waals surface area contributed by atoms with Crippen molar-refractivity contribution in [3.05, 3.63) is 24.3 Å². The summed E-state index contributed by atoms with van der Waals surface area (Å²) in [5.41, 5.74) is 0. The van der Waals surface area contributed by atoms with Crippen LogP contribution in [0.1, 0.15) is 18.6 Å². The summed E-state index contributed by atoms with van der Waals surface area (Å²) in [6.07, 6.45) is 3.27. The smallest absolute Gasteiger partial charge is 0.243 e. The van der Waals surface area contributed by atoms with Crippen molar-refractivity contribution in [2.24, 2.45) is 0 Å². The van der Waals surface area contributed by atoms with Gasteiger partial charge >= 0.3 is 6.03 Å². The lowest BCUT2D eigenvalue weighted by Gasteiger charge is -2.00. The molecule has 2 heterocycles. The minimum atomic E-state index is -0.370. The maximum atomic E-state index is 11.8. The van der Waals surface area contributed by atoms with Crippen molar-refractivity contribution in [2.75, 3.05) is 0 Å². The number of carbonyl (C=O) groups is 1. The Balaban J connectivity index is 2.41. The van der Waals surface area contributed by atoms with Crippen LogP contribution >= 0.6 is 0 Å². The van der Waals surface area contributed by atoms with Crippen molar-refractivity contribution in [3.8, 4) is 0 Å². The zero-order valence-electron chi connectivity index (χ0n) is 8.45. The molecule has 0 aromatic carbocycles. The van der Waals surface area contributed by atoms with E-state index in [9.17, 15) is 4.79 Å². The summed E-state index contributed by atoms with van der Waals surface area (Å²) in [7, 11) is 0. The Morgan fingerprint density at radius 3 is 2.93 bits per heavy atom. The second-order valence-corrected chi connectivity index (χ2v) is 2.96. The SMILES string of the molecule is CCc1nc(C)nn1C(=O)n1cncn1. The monoisotopic (exact) mass is 206 g/mol. The fourth-order valence-corrected chi connectivity index (χ4v) is 1.24. The lowest BCUT2D eigenvalue weighted by atomic mass is 10.4. The first kappa shape index (κ1) is 9.50. The third-order valence-electron chi connectivity index (χ3n) is 1.89. The predicted molar refractivity (Wildman–Crippen MR) is 50.4 cm³/mol. The topological polar surface area (TPSA) is 78.5 Å². The normalized spacial score (nSPS) is 10.5. The van der Waals surface area contributed by atoms with Gasteiger partial charge in [-0.25, -0.2) is 14.8 Å². The van der Waals surface area contributed by atoms with E-state index in [4.69, 9.17) is 0 Å². The Hall–Kier alpha value is -2.05. The standard InChI is InChI=1S/C8H10N6O/c1-3-7-11-6(2)12-14(7)8(15)13-5-9-4-10-13/h4-5H,3H2,1-2H3. The molecular formula is C8H10N6O. The van der Waals surface area contributed by atoms with Gasteiger partial charge in [-0.1, -0.05) is 6.92 Å². The number of hydrogen-bond acceptors (Lipinski definition) is 5. The number of nitrogens with zero attached hydrogens (tertiary/aromatic N) is 6. The van der Waals surface area contributed by atoms with Gasteiger partial charge in [0.15, 0.2) is 0 Å². The van der Waals surface area contributed by atoms with E-state index in [0.717, 1.165) is 4.68 Å². The Labute approximate surface area is 85.8 Å². The Morgan fingerprint density at radius 2 is 2.33 bits per heavy atom. The highest BCUT2D eigenvalue weighted by atomic mass is 16.2. The maximum absolute atomic E-state index is 11.8. The molecule has 0 amide bonds. The molecule has 2 rings (SSSR count). The van der Waals surface area contributed by atoms with Crippen LogP contribution in [0.15, 0.2) is 12.7 Å². The molecule has 2 aromatic rings. The van der Waals surface area contributed by atoms with Crippen LogP contribution in [0.5, 0.6) is 0 Å². The Kier molecular flexibility index (Phi) is 2.28. The van der Waals surface area contributed by atoms with E-state index >= 15 is 0 Å². The van der Waals surface area contributed by atoms with Crippen molar-refractivity contribution in [1.82, 2.24) is 29.5 Å². The van der Waals surface area contributed by atoms with Gasteiger partial charge in [-0.2, -0.15) is 14.5 Å². The van der Waals surface area contributed by atoms with Crippen LogP contribution in [-0.2, 0) is 6.42 Å². The first-order chi connectivity index (χ1) is 7.22. The summed E-state index contributed by atoms with van der Waals surface area (Å²) in [5, 5.41) is 7.75. The predicted octanol–water partition coefficient (Wildman–Crippen LogP) is 0.257. The minimum absolute atomic E-state index is 0.370. The van der Waals surface area contributed by atoms with E-state index in [1.54, 1.807) is 6.92 Å². The van der Waals surface area contributed by atoms with E-state index in [-0.39, 0.29) is 6.03 Å². The summed E-state index contributed by atoms with van der Waals surface area (Å²) < 4.78 is 2.36. The molecule has 7 heteroatoms. The van der Waals surface area contributed by atoms with Crippen molar-refractivity contribution < 1.29 is 4.79 Å². The first-order valence-corrected chi connectivity index (χ1v) is 4.54. The summed E-state index contributed by atoms with van der Waals surface area (Å²) in [6.45, 7) is 3.65. The number of carbonyl (C=O) groups excluding carboxylic acids is 1. The first-order valence-electron chi connectivity index (χ1n) is 4.54. The van der Waals surface area contributed by atoms with Gasteiger partial charge in [0.2, 0.25) is 0 Å². The van der Waals surface area contributed by atoms with Crippen LogP contribution < -0.4 is 0 Å². The maximum Gasteiger partial charge on any atom is 0.372 e. The number of rotatable bonds is 1. The van der Waals surface area contributed by atoms with Crippen molar-refractivity contribution >= 4 is 6.03 Å². The molecule has 0 radical (unpaired) electrons. The number of aryl methyl sites for hydroxylation is 2. The van der Waals surface area contributed by atoms with Crippen LogP contribution in [0, 0.1) is 6.92 Å². The quantitative estimate of drug-likeness (QED) is 0.668. The molecular weight excluding hydrogens is 196 g/mol. The Bertz CT molecular complexity index is 471. The van der Waals surface area contributed by atoms with E-state index < -0.39 is 0 Å². The third-order valence-corrected chi connectivity index (χ3v) is 1.89. The highest BCUT2D eigenvalue weighted by molar-refractivity contribution is 5.77. The third kappa shape index (κ3) is 1.63. The molecule has 0 bridgehead atoms. The molecule has 0 unspecified atom stereocenters. The second-order valence-electron chi connectivity index (χ2n) is 2.96. The van der Waals surface area contributed by atoms with Crippen molar-refractivity contribution in [3.63, 3.8) is 0 Å². The zero-order valence-corrected chi connectivity index (χ0v) is 8.45. The largest absolute Gasteiger partial charge is 0.372 e. The highest BCUT2D eigenvalue weighted by Gasteiger charge is 2.14. The minimum Gasteiger partial charge on any atom is -0.243 e. The van der Waals surface area contributed by atoms with Crippen LogP contribution in [0.25, 0.3) is 0 Å². The molecule has 0 atom stereocenters. The van der Waals surface area contributed by atoms with Crippen LogP contribution in [-0.4, -0.2) is 35.6 Å². The van der Waals surface area contributed by atoms with Crippen molar-refractivity contribution in [2.45, 2.75) is 20.3 Å². The summed E-state index contributed by atoms with van der Waals surface area (Å²) >= 11 is 0. The average Bonchev–Trinajstić information content (AvgIpc) is 2.84. The van der Waals surface area contributed by atoms with Gasteiger partial charge < -0.3 is 0 Å². The summed E-state index contributed by atoms with van der Waals surface area (Å²) in [5.74, 6) is 1.19. The van der Waals surface area contributed by atoms with E-state index in [0.29, 0.717) is 18.1 Å². The zero-order chi connectivity index (χ0) is 10.8. The van der Waals surface area contributed by atoms with Gasteiger partial charge in [-0.05, 0) is 6.92 Å². The van der Waals surface area contributed by atoms with Gasteiger partial charge in [0.1, 0.15) is 24.3 Å². The van der Waals surface area contributed by atoms with Crippen LogP contribution in [0.2, 0.25) is 0 Å². The fraction of sp³-hybridized carbons (Fsp3) is 0.375. The molecule has 78 valence electrons. The number of aromatic nitrogens is 6. The molecule has 15 heavy (non-hydrogen) atoms. The molecule has 0 N–H and O–H groups in total. The van der Waals surface area contributed by atoms with Gasteiger partial charge in [0, 0.05) is 6.42 Å². The van der Waals surface area contributed by atoms with Crippen LogP contribution in [0.3, 0.4) is 0 Å². The van der Waals surface area contributed by atoms with E-state index in [1.807, 2.05) is 6.92 Å². The fourth-order valence-electron chi connectivity index (χ4n) is 1.24. The molecule has 0 saturated heterocycles. The summed E-state index contributed by atoms with van der Waals surface area (Å²) in [6, 6.07) is -0.370. The molecule has 7 nitrogen and oxygen atoms in total. The lowest BCUT2D eigenvalue weighted by Crippen LogP contribution is -2.23. The molecule has 0 aliphatic carbocycles. The molecule has 0 fully saturated rings. The highest BCUT2D eigenvalue weighted by Crippen LogP contribution is 2.00. The molecule has 0 aliphatic heterocycles. The molecule has 2 aromatic heterocycles. The summed E-state index contributed by atoms with van der Waals surface area (Å²) in [4.78, 5) is 19.7. The van der Waals surface area contributed by atoms with Crippen LogP contribution in [0.4, 0.5) is 4.79 Å². The molecule has 0 spiro atoms. The van der Waals surface area contributed by atoms with Gasteiger partial charge in [-0.3, -0.25) is 0 Å². The van der Waals surface area contributed by atoms with Gasteiger partial charge in [0.25, 0.3) is 0 Å². The Morgan fingerprint density at radius 1 is 1.53 bits per heavy atom. The van der Waals surface area contributed by atoms with Gasteiger partial charge in [0.05, 0.1) is 0 Å². The lowest BCUT2D eigenvalue weighted by molar-refractivity contribution is 0.237. The van der Waals surface area contributed by atoms with E-state index in [2.05, 4.69) is 20.2 Å². The number of hydrogen-bond donors (Lipinski definition) is 0.